The lowest BCUT2D eigenvalue weighted by Crippen LogP contribution is -2.25. The molecule has 0 atom stereocenters. The highest BCUT2D eigenvalue weighted by molar-refractivity contribution is 9.08. The fourth-order valence-corrected chi connectivity index (χ4v) is 2.37. The predicted molar refractivity (Wildman–Crippen MR) is 88.1 cm³/mol. The van der Waals surface area contributed by atoms with E-state index >= 15 is 0 Å². The van der Waals surface area contributed by atoms with E-state index in [2.05, 4.69) is 21.2 Å². The van der Waals surface area contributed by atoms with Gasteiger partial charge in [-0.25, -0.2) is 0 Å². The maximum Gasteiger partial charge on any atom is 0.251 e. The van der Waals surface area contributed by atoms with Crippen LogP contribution in [0.15, 0.2) is 48.5 Å². The van der Waals surface area contributed by atoms with Gasteiger partial charge in [-0.1, -0.05) is 40.2 Å². The van der Waals surface area contributed by atoms with Crippen LogP contribution < -0.4 is 10.1 Å². The van der Waals surface area contributed by atoms with Crippen LogP contribution in [0.3, 0.4) is 0 Å². The average molecular weight is 348 g/mol. The van der Waals surface area contributed by atoms with Gasteiger partial charge >= 0.3 is 0 Å². The van der Waals surface area contributed by atoms with Gasteiger partial charge in [-0.2, -0.15) is 0 Å². The summed E-state index contributed by atoms with van der Waals surface area (Å²) in [6.45, 7) is 0.603. The van der Waals surface area contributed by atoms with Crippen LogP contribution in [-0.2, 0) is 11.8 Å². The molecule has 0 aliphatic carbocycles. The summed E-state index contributed by atoms with van der Waals surface area (Å²) < 4.78 is 5.18. The molecule has 0 aliphatic rings. The number of nitrogens with one attached hydrogen (secondary N) is 1. The molecule has 3 nitrogen and oxygen atoms in total. The molecule has 2 rings (SSSR count). The fourth-order valence-electron chi connectivity index (χ4n) is 2.00. The molecule has 0 bridgehead atoms. The molecule has 1 N–H and O–H groups in total. The summed E-state index contributed by atoms with van der Waals surface area (Å²) in [5, 5.41) is 3.73. The van der Waals surface area contributed by atoms with Crippen molar-refractivity contribution in [2.24, 2.45) is 0 Å². The maximum atomic E-state index is 12.0. The Morgan fingerprint density at radius 1 is 1.14 bits per heavy atom. The molecule has 0 unspecified atom stereocenters. The van der Waals surface area contributed by atoms with E-state index in [1.807, 2.05) is 48.5 Å². The number of carbonyl (C=O) groups is 1. The van der Waals surface area contributed by atoms with Gasteiger partial charge in [-0.15, -0.1) is 0 Å². The molecule has 0 aromatic heterocycles. The van der Waals surface area contributed by atoms with Gasteiger partial charge in [-0.3, -0.25) is 4.79 Å². The predicted octanol–water partition coefficient (Wildman–Crippen LogP) is 3.56. The minimum absolute atomic E-state index is 0.0426. The van der Waals surface area contributed by atoms with Gasteiger partial charge in [0.1, 0.15) is 5.75 Å². The Labute approximate surface area is 133 Å². The van der Waals surface area contributed by atoms with E-state index in [1.54, 1.807) is 7.11 Å². The second-order valence-electron chi connectivity index (χ2n) is 4.69. The molecule has 2 aromatic rings. The van der Waals surface area contributed by atoms with Crippen molar-refractivity contribution in [2.45, 2.75) is 11.8 Å². The van der Waals surface area contributed by atoms with E-state index in [-0.39, 0.29) is 5.91 Å². The molecule has 2 aromatic carbocycles. The van der Waals surface area contributed by atoms with Crippen molar-refractivity contribution < 1.29 is 9.53 Å². The summed E-state index contributed by atoms with van der Waals surface area (Å²) in [4.78, 5) is 12.0. The number of hydrogen-bond donors (Lipinski definition) is 1. The van der Waals surface area contributed by atoms with Crippen LogP contribution in [0.25, 0.3) is 0 Å². The average Bonchev–Trinajstić information content (AvgIpc) is 2.55. The van der Waals surface area contributed by atoms with Crippen LogP contribution in [-0.4, -0.2) is 19.6 Å². The quantitative estimate of drug-likeness (QED) is 0.811. The summed E-state index contributed by atoms with van der Waals surface area (Å²) in [5.41, 5.74) is 2.98. The standard InChI is InChI=1S/C17H18BrNO2/c1-21-16-4-2-3-13(11-16)9-10-19-17(20)15-7-5-14(12-18)6-8-15/h2-8,11H,9-10,12H2,1H3,(H,19,20). The van der Waals surface area contributed by atoms with Gasteiger partial charge in [0, 0.05) is 17.4 Å². The van der Waals surface area contributed by atoms with Crippen LogP contribution in [0.4, 0.5) is 0 Å². The molecule has 0 aliphatic heterocycles. The monoisotopic (exact) mass is 347 g/mol. The first-order valence-electron chi connectivity index (χ1n) is 6.79. The summed E-state index contributed by atoms with van der Waals surface area (Å²) in [6, 6.07) is 15.5. The topological polar surface area (TPSA) is 38.3 Å². The van der Waals surface area contributed by atoms with Crippen LogP contribution in [0.1, 0.15) is 21.5 Å². The van der Waals surface area contributed by atoms with Gasteiger partial charge in [0.15, 0.2) is 0 Å². The van der Waals surface area contributed by atoms with E-state index in [0.29, 0.717) is 12.1 Å². The van der Waals surface area contributed by atoms with Gasteiger partial charge in [0.05, 0.1) is 7.11 Å². The summed E-state index contributed by atoms with van der Waals surface area (Å²) >= 11 is 3.39. The molecular weight excluding hydrogens is 330 g/mol. The first-order valence-corrected chi connectivity index (χ1v) is 7.91. The molecule has 0 saturated heterocycles. The number of alkyl halides is 1. The Kier molecular flexibility index (Phi) is 5.81. The van der Waals surface area contributed by atoms with E-state index in [1.165, 1.54) is 0 Å². The Morgan fingerprint density at radius 3 is 2.57 bits per heavy atom. The summed E-state index contributed by atoms with van der Waals surface area (Å²) in [6.07, 6.45) is 0.780. The van der Waals surface area contributed by atoms with Crippen molar-refractivity contribution >= 4 is 21.8 Å². The lowest BCUT2D eigenvalue weighted by molar-refractivity contribution is 0.0954. The van der Waals surface area contributed by atoms with Crippen molar-refractivity contribution in [2.75, 3.05) is 13.7 Å². The number of hydrogen-bond acceptors (Lipinski definition) is 2. The van der Waals surface area contributed by atoms with Gasteiger partial charge in [0.2, 0.25) is 0 Å². The summed E-state index contributed by atoms with van der Waals surface area (Å²) in [7, 11) is 1.65. The van der Waals surface area contributed by atoms with Crippen LogP contribution in [0.5, 0.6) is 5.75 Å². The Hall–Kier alpha value is -1.81. The van der Waals surface area contributed by atoms with Crippen molar-refractivity contribution in [3.05, 3.63) is 65.2 Å². The lowest BCUT2D eigenvalue weighted by atomic mass is 10.1. The smallest absolute Gasteiger partial charge is 0.251 e. The number of rotatable bonds is 6. The van der Waals surface area contributed by atoms with E-state index in [0.717, 1.165) is 28.6 Å². The Balaban J connectivity index is 1.85. The molecule has 0 heterocycles. The lowest BCUT2D eigenvalue weighted by Gasteiger charge is -2.07. The number of benzene rings is 2. The molecule has 0 fully saturated rings. The van der Waals surface area contributed by atoms with Crippen molar-refractivity contribution in [3.8, 4) is 5.75 Å². The molecular formula is C17H18BrNO2. The van der Waals surface area contributed by atoms with Gasteiger partial charge in [0.25, 0.3) is 5.91 Å². The molecule has 21 heavy (non-hydrogen) atoms. The Bertz CT molecular complexity index is 596. The Morgan fingerprint density at radius 2 is 1.90 bits per heavy atom. The second-order valence-corrected chi connectivity index (χ2v) is 5.25. The van der Waals surface area contributed by atoms with Crippen LogP contribution in [0, 0.1) is 0 Å². The normalized spacial score (nSPS) is 10.2. The highest BCUT2D eigenvalue weighted by atomic mass is 79.9. The number of halogens is 1. The molecule has 4 heteroatoms. The molecule has 110 valence electrons. The fraction of sp³-hybridized carbons (Fsp3) is 0.235. The third-order valence-electron chi connectivity index (χ3n) is 3.20. The first kappa shape index (κ1) is 15.6. The van der Waals surface area contributed by atoms with Crippen molar-refractivity contribution in [3.63, 3.8) is 0 Å². The van der Waals surface area contributed by atoms with E-state index in [9.17, 15) is 4.79 Å². The number of amides is 1. The minimum atomic E-state index is -0.0426. The second kappa shape index (κ2) is 7.84. The van der Waals surface area contributed by atoms with E-state index in [4.69, 9.17) is 4.74 Å². The number of methoxy groups -OCH3 is 1. The van der Waals surface area contributed by atoms with Crippen molar-refractivity contribution in [1.29, 1.82) is 0 Å². The summed E-state index contributed by atoms with van der Waals surface area (Å²) in [5.74, 6) is 0.795. The third-order valence-corrected chi connectivity index (χ3v) is 3.85. The zero-order valence-electron chi connectivity index (χ0n) is 11.9. The van der Waals surface area contributed by atoms with Gasteiger partial charge in [-0.05, 0) is 41.8 Å². The molecule has 1 amide bonds. The molecule has 0 spiro atoms. The largest absolute Gasteiger partial charge is 0.497 e. The van der Waals surface area contributed by atoms with Gasteiger partial charge < -0.3 is 10.1 Å². The van der Waals surface area contributed by atoms with Crippen LogP contribution in [0.2, 0.25) is 0 Å². The zero-order valence-corrected chi connectivity index (χ0v) is 13.5. The SMILES string of the molecule is COc1cccc(CCNC(=O)c2ccc(CBr)cc2)c1. The maximum absolute atomic E-state index is 12.0. The number of ether oxygens (including phenoxy) is 1. The van der Waals surface area contributed by atoms with E-state index < -0.39 is 0 Å². The highest BCUT2D eigenvalue weighted by Crippen LogP contribution is 2.12. The molecule has 0 radical (unpaired) electrons. The first-order chi connectivity index (χ1) is 10.2. The van der Waals surface area contributed by atoms with Crippen molar-refractivity contribution in [1.82, 2.24) is 5.32 Å². The highest BCUT2D eigenvalue weighted by Gasteiger charge is 2.04. The van der Waals surface area contributed by atoms with Crippen LogP contribution >= 0.6 is 15.9 Å². The number of carbonyl (C=O) groups excluding carboxylic acids is 1. The zero-order chi connectivity index (χ0) is 15.1. The third kappa shape index (κ3) is 4.60. The molecule has 0 saturated carbocycles. The minimum Gasteiger partial charge on any atom is -0.497 e.